The number of carbonyl (C=O) groups is 1. The van der Waals surface area contributed by atoms with E-state index in [2.05, 4.69) is 9.62 Å². The quantitative estimate of drug-likeness (QED) is 0.857. The molecule has 1 aromatic carbocycles. The number of rotatable bonds is 4. The van der Waals surface area contributed by atoms with Crippen LogP contribution in [0.25, 0.3) is 0 Å². The number of sulfonamides is 1. The molecule has 2 rings (SSSR count). The number of nitrogens with zero attached hydrogens (tertiary/aromatic N) is 1. The number of hydrogen-bond donors (Lipinski definition) is 2. The second-order valence-corrected chi connectivity index (χ2v) is 6.75. The molecule has 0 saturated carbocycles. The summed E-state index contributed by atoms with van der Waals surface area (Å²) < 4.78 is 27.1. The van der Waals surface area contributed by atoms with Crippen LogP contribution in [-0.2, 0) is 10.0 Å². The third-order valence-corrected chi connectivity index (χ3v) is 4.95. The Hall–Kier alpha value is -1.44. The van der Waals surface area contributed by atoms with Gasteiger partial charge in [-0.3, -0.25) is 0 Å². The van der Waals surface area contributed by atoms with Crippen molar-refractivity contribution in [3.8, 4) is 0 Å². The molecule has 0 bridgehead atoms. The molecule has 1 heterocycles. The molecular formula is C13H18N2O4S. The van der Waals surface area contributed by atoms with Crippen LogP contribution in [0.2, 0.25) is 0 Å². The van der Waals surface area contributed by atoms with Crippen molar-refractivity contribution in [3.05, 3.63) is 29.8 Å². The van der Waals surface area contributed by atoms with Gasteiger partial charge in [0.15, 0.2) is 0 Å². The van der Waals surface area contributed by atoms with Crippen LogP contribution in [0.3, 0.4) is 0 Å². The lowest BCUT2D eigenvalue weighted by Crippen LogP contribution is -2.43. The van der Waals surface area contributed by atoms with Gasteiger partial charge >= 0.3 is 5.97 Å². The molecule has 0 unspecified atom stereocenters. The Morgan fingerprint density at radius 3 is 2.60 bits per heavy atom. The van der Waals surface area contributed by atoms with Crippen LogP contribution in [0.5, 0.6) is 0 Å². The molecule has 2 N–H and O–H groups in total. The Labute approximate surface area is 118 Å². The van der Waals surface area contributed by atoms with Crippen LogP contribution in [0, 0.1) is 0 Å². The molecule has 1 aliphatic rings. The number of benzene rings is 1. The summed E-state index contributed by atoms with van der Waals surface area (Å²) in [6.07, 6.45) is 1.52. The van der Waals surface area contributed by atoms with Gasteiger partial charge in [0, 0.05) is 6.04 Å². The van der Waals surface area contributed by atoms with Gasteiger partial charge in [-0.05, 0) is 51.2 Å². The molecule has 20 heavy (non-hydrogen) atoms. The largest absolute Gasteiger partial charge is 0.478 e. The molecule has 1 fully saturated rings. The minimum Gasteiger partial charge on any atom is -0.478 e. The van der Waals surface area contributed by atoms with Gasteiger partial charge in [0.05, 0.1) is 10.5 Å². The highest BCUT2D eigenvalue weighted by molar-refractivity contribution is 7.89. The van der Waals surface area contributed by atoms with Gasteiger partial charge in [-0.2, -0.15) is 0 Å². The summed E-state index contributed by atoms with van der Waals surface area (Å²) in [6.45, 7) is 1.70. The fraction of sp³-hybridized carbons (Fsp3) is 0.462. The van der Waals surface area contributed by atoms with Crippen LogP contribution in [0.1, 0.15) is 23.2 Å². The van der Waals surface area contributed by atoms with E-state index in [1.54, 1.807) is 0 Å². The highest BCUT2D eigenvalue weighted by Crippen LogP contribution is 2.15. The zero-order chi connectivity index (χ0) is 14.8. The normalized spacial score (nSPS) is 18.1. The minimum atomic E-state index is -3.67. The first-order valence-corrected chi connectivity index (χ1v) is 7.91. The lowest BCUT2D eigenvalue weighted by Gasteiger charge is -2.29. The predicted molar refractivity (Wildman–Crippen MR) is 74.2 cm³/mol. The highest BCUT2D eigenvalue weighted by Gasteiger charge is 2.23. The maximum Gasteiger partial charge on any atom is 0.335 e. The fourth-order valence-electron chi connectivity index (χ4n) is 2.21. The summed E-state index contributed by atoms with van der Waals surface area (Å²) in [4.78, 5) is 13.0. The number of aromatic carboxylic acids is 1. The Morgan fingerprint density at radius 2 is 2.00 bits per heavy atom. The maximum absolute atomic E-state index is 12.2. The van der Waals surface area contributed by atoms with Crippen molar-refractivity contribution in [1.29, 1.82) is 0 Å². The lowest BCUT2D eigenvalue weighted by molar-refractivity contribution is 0.0696. The zero-order valence-electron chi connectivity index (χ0n) is 11.2. The zero-order valence-corrected chi connectivity index (χ0v) is 12.1. The Morgan fingerprint density at radius 1 is 1.35 bits per heavy atom. The number of carboxylic acids is 1. The standard InChI is InChI=1S/C13H18N2O4S/c1-15-7-5-11(6-8-15)14-20(18,19)12-4-2-3-10(9-12)13(16)17/h2-4,9,11,14H,5-8H2,1H3,(H,16,17). The number of likely N-dealkylation sites (tertiary alicyclic amines) is 1. The molecule has 1 aliphatic heterocycles. The number of nitrogens with one attached hydrogen (secondary N) is 1. The van der Waals surface area contributed by atoms with E-state index in [1.165, 1.54) is 24.3 Å². The average molecular weight is 298 g/mol. The molecule has 0 amide bonds. The van der Waals surface area contributed by atoms with Gasteiger partial charge < -0.3 is 10.0 Å². The molecule has 110 valence electrons. The third-order valence-electron chi connectivity index (χ3n) is 3.43. The summed E-state index contributed by atoms with van der Waals surface area (Å²) in [5.74, 6) is -1.14. The van der Waals surface area contributed by atoms with Crippen molar-refractivity contribution in [1.82, 2.24) is 9.62 Å². The molecule has 1 saturated heterocycles. The van der Waals surface area contributed by atoms with Crippen molar-refractivity contribution >= 4 is 16.0 Å². The molecule has 7 heteroatoms. The van der Waals surface area contributed by atoms with E-state index in [-0.39, 0.29) is 16.5 Å². The van der Waals surface area contributed by atoms with E-state index in [1.807, 2.05) is 7.05 Å². The first-order valence-electron chi connectivity index (χ1n) is 6.43. The van der Waals surface area contributed by atoms with Gasteiger partial charge in [-0.15, -0.1) is 0 Å². The van der Waals surface area contributed by atoms with Gasteiger partial charge in [-0.25, -0.2) is 17.9 Å². The molecule has 6 nitrogen and oxygen atoms in total. The predicted octanol–water partition coefficient (Wildman–Crippen LogP) is 0.757. The van der Waals surface area contributed by atoms with Crippen LogP contribution in [0.4, 0.5) is 0 Å². The number of piperidine rings is 1. The van der Waals surface area contributed by atoms with Gasteiger partial charge in [-0.1, -0.05) is 6.07 Å². The summed E-state index contributed by atoms with van der Waals surface area (Å²) in [6, 6.07) is 5.30. The van der Waals surface area contributed by atoms with E-state index < -0.39 is 16.0 Å². The molecule has 1 aromatic rings. The second kappa shape index (κ2) is 5.90. The van der Waals surface area contributed by atoms with E-state index in [0.29, 0.717) is 0 Å². The smallest absolute Gasteiger partial charge is 0.335 e. The van der Waals surface area contributed by atoms with Crippen molar-refractivity contribution in [2.45, 2.75) is 23.8 Å². The van der Waals surface area contributed by atoms with Crippen molar-refractivity contribution in [3.63, 3.8) is 0 Å². The first-order chi connectivity index (χ1) is 9.38. The molecule has 0 aliphatic carbocycles. The summed E-state index contributed by atoms with van der Waals surface area (Å²) in [7, 11) is -1.66. The summed E-state index contributed by atoms with van der Waals surface area (Å²) >= 11 is 0. The number of hydrogen-bond acceptors (Lipinski definition) is 4. The van der Waals surface area contributed by atoms with Crippen LogP contribution < -0.4 is 4.72 Å². The molecule has 0 atom stereocenters. The summed E-state index contributed by atoms with van der Waals surface area (Å²) in [5, 5.41) is 8.90. The highest BCUT2D eigenvalue weighted by atomic mass is 32.2. The van der Waals surface area contributed by atoms with Crippen LogP contribution in [-0.4, -0.2) is 50.6 Å². The number of carboxylic acid groups (broad SMARTS) is 1. The van der Waals surface area contributed by atoms with E-state index >= 15 is 0 Å². The average Bonchev–Trinajstić information content (AvgIpc) is 2.41. The Bertz CT molecular complexity index is 592. The Balaban J connectivity index is 2.14. The minimum absolute atomic E-state index is 0.00340. The monoisotopic (exact) mass is 298 g/mol. The van der Waals surface area contributed by atoms with E-state index in [4.69, 9.17) is 5.11 Å². The maximum atomic E-state index is 12.2. The molecule has 0 radical (unpaired) electrons. The fourth-order valence-corrected chi connectivity index (χ4v) is 3.56. The second-order valence-electron chi connectivity index (χ2n) is 5.03. The lowest BCUT2D eigenvalue weighted by atomic mass is 10.1. The van der Waals surface area contributed by atoms with Crippen molar-refractivity contribution in [2.75, 3.05) is 20.1 Å². The molecular weight excluding hydrogens is 280 g/mol. The van der Waals surface area contributed by atoms with E-state index in [9.17, 15) is 13.2 Å². The van der Waals surface area contributed by atoms with Crippen LogP contribution in [0.15, 0.2) is 29.2 Å². The van der Waals surface area contributed by atoms with Gasteiger partial charge in [0.2, 0.25) is 10.0 Å². The van der Waals surface area contributed by atoms with Crippen molar-refractivity contribution < 1.29 is 18.3 Å². The van der Waals surface area contributed by atoms with Crippen LogP contribution >= 0.6 is 0 Å². The molecule has 0 aromatic heterocycles. The first kappa shape index (κ1) is 15.0. The van der Waals surface area contributed by atoms with Gasteiger partial charge in [0.1, 0.15) is 0 Å². The topological polar surface area (TPSA) is 86.7 Å². The van der Waals surface area contributed by atoms with Gasteiger partial charge in [0.25, 0.3) is 0 Å². The van der Waals surface area contributed by atoms with E-state index in [0.717, 1.165) is 25.9 Å². The SMILES string of the molecule is CN1CCC(NS(=O)(=O)c2cccc(C(=O)O)c2)CC1. The molecule has 0 spiro atoms. The van der Waals surface area contributed by atoms with Crippen molar-refractivity contribution in [2.24, 2.45) is 0 Å². The third kappa shape index (κ3) is 3.56. The Kier molecular flexibility index (Phi) is 4.42. The summed E-state index contributed by atoms with van der Waals surface area (Å²) in [5.41, 5.74) is -0.0312.